The molecular formula is C3H11F3O2Si3. The fraction of sp³-hybridized carbons (Fsp3) is 1.00. The Morgan fingerprint density at radius 1 is 1.36 bits per heavy atom. The zero-order valence-corrected chi connectivity index (χ0v) is 11.1. The highest BCUT2D eigenvalue weighted by atomic mass is 28.3. The lowest BCUT2D eigenvalue weighted by Gasteiger charge is -2.05. The molecular weight excluding hydrogens is 209 g/mol. The summed E-state index contributed by atoms with van der Waals surface area (Å²) in [6.45, 7) is 0. The molecule has 11 heavy (non-hydrogen) atoms. The second-order valence-corrected chi connectivity index (χ2v) is 7.33. The van der Waals surface area contributed by atoms with Crippen LogP contribution in [0.1, 0.15) is 6.42 Å². The summed E-state index contributed by atoms with van der Waals surface area (Å²) in [5.41, 5.74) is 0. The quantitative estimate of drug-likeness (QED) is 0.426. The molecule has 0 aliphatic carbocycles. The van der Waals surface area contributed by atoms with E-state index in [2.05, 4.69) is 0 Å². The summed E-state index contributed by atoms with van der Waals surface area (Å²) in [7, 11) is -1.19. The molecule has 0 N–H and O–H groups in total. The van der Waals surface area contributed by atoms with Gasteiger partial charge in [-0.25, -0.2) is 0 Å². The summed E-state index contributed by atoms with van der Waals surface area (Å²) >= 11 is 0. The predicted molar refractivity (Wildman–Crippen MR) is 44.7 cm³/mol. The van der Waals surface area contributed by atoms with E-state index in [-0.39, 0.29) is 6.04 Å². The van der Waals surface area contributed by atoms with E-state index in [1.54, 1.807) is 0 Å². The number of hydrogen-bond donors (Lipinski definition) is 0. The van der Waals surface area contributed by atoms with Crippen molar-refractivity contribution in [3.8, 4) is 0 Å². The van der Waals surface area contributed by atoms with E-state index in [1.807, 2.05) is 0 Å². The lowest BCUT2D eigenvalue weighted by Crippen LogP contribution is -2.12. The smallest absolute Gasteiger partial charge is 0.388 e. The van der Waals surface area contributed by atoms with Crippen LogP contribution in [0.5, 0.6) is 0 Å². The lowest BCUT2D eigenvalue weighted by atomic mass is 10.5. The topological polar surface area (TPSA) is 18.5 Å². The number of halogens is 3. The van der Waals surface area contributed by atoms with Gasteiger partial charge in [-0.3, -0.25) is 0 Å². The zero-order valence-electron chi connectivity index (χ0n) is 6.28. The van der Waals surface area contributed by atoms with Crippen LogP contribution in [-0.2, 0) is 8.23 Å². The molecule has 0 aromatic rings. The molecule has 0 atom stereocenters. The fourth-order valence-electron chi connectivity index (χ4n) is 0.517. The summed E-state index contributed by atoms with van der Waals surface area (Å²) in [4.78, 5) is 0. The van der Waals surface area contributed by atoms with E-state index in [9.17, 15) is 13.2 Å². The van der Waals surface area contributed by atoms with E-state index in [4.69, 9.17) is 8.23 Å². The van der Waals surface area contributed by atoms with Crippen LogP contribution < -0.4 is 0 Å². The molecule has 0 aliphatic rings. The Hall–Kier alpha value is 0.361. The van der Waals surface area contributed by atoms with Gasteiger partial charge in [0.1, 0.15) is 20.2 Å². The van der Waals surface area contributed by atoms with Gasteiger partial charge >= 0.3 is 6.18 Å². The van der Waals surface area contributed by atoms with Gasteiger partial charge < -0.3 is 8.23 Å². The van der Waals surface area contributed by atoms with Crippen molar-refractivity contribution in [2.24, 2.45) is 0 Å². The Kier molecular flexibility index (Phi) is 6.14. The van der Waals surface area contributed by atoms with Crippen LogP contribution in [0.2, 0.25) is 6.04 Å². The molecule has 0 aromatic carbocycles. The van der Waals surface area contributed by atoms with Gasteiger partial charge in [-0.1, -0.05) is 0 Å². The summed E-state index contributed by atoms with van der Waals surface area (Å²) in [6, 6.07) is 0.182. The van der Waals surface area contributed by atoms with E-state index in [1.165, 1.54) is 0 Å². The molecule has 0 aromatic heterocycles. The average molecular weight is 220 g/mol. The first kappa shape index (κ1) is 11.4. The first-order chi connectivity index (χ1) is 5.06. The van der Waals surface area contributed by atoms with Crippen LogP contribution in [0.25, 0.3) is 0 Å². The van der Waals surface area contributed by atoms with Crippen LogP contribution in [0.15, 0.2) is 0 Å². The van der Waals surface area contributed by atoms with E-state index in [0.29, 0.717) is 10.5 Å². The van der Waals surface area contributed by atoms with Crippen molar-refractivity contribution in [2.45, 2.75) is 18.6 Å². The number of hydrogen-bond acceptors (Lipinski definition) is 2. The Labute approximate surface area is 71.0 Å². The first-order valence-electron chi connectivity index (χ1n) is 3.19. The van der Waals surface area contributed by atoms with Gasteiger partial charge in [-0.2, -0.15) is 13.2 Å². The van der Waals surface area contributed by atoms with Crippen LogP contribution in [0.3, 0.4) is 0 Å². The molecule has 0 aliphatic heterocycles. The second-order valence-electron chi connectivity index (χ2n) is 2.03. The second kappa shape index (κ2) is 5.94. The Morgan fingerprint density at radius 2 is 2.00 bits per heavy atom. The molecule has 0 heterocycles. The molecule has 8 heteroatoms. The van der Waals surface area contributed by atoms with Gasteiger partial charge in [0.05, 0.1) is 0 Å². The normalized spacial score (nSPS) is 14.5. The molecule has 0 fully saturated rings. The van der Waals surface area contributed by atoms with Crippen LogP contribution in [0.4, 0.5) is 13.2 Å². The van der Waals surface area contributed by atoms with Crippen molar-refractivity contribution in [1.29, 1.82) is 0 Å². The minimum absolute atomic E-state index is 0.182. The third-order valence-electron chi connectivity index (χ3n) is 0.950. The van der Waals surface area contributed by atoms with E-state index >= 15 is 0 Å². The Balaban J connectivity index is 3.02. The monoisotopic (exact) mass is 220 g/mol. The predicted octanol–water partition coefficient (Wildman–Crippen LogP) is -1.25. The molecule has 0 amide bonds. The minimum Gasteiger partial charge on any atom is -0.449 e. The highest BCUT2D eigenvalue weighted by Crippen LogP contribution is 2.20. The van der Waals surface area contributed by atoms with Crippen LogP contribution >= 0.6 is 0 Å². The molecule has 2 nitrogen and oxygen atoms in total. The summed E-state index contributed by atoms with van der Waals surface area (Å²) in [6.07, 6.45) is -4.71. The Bertz CT molecular complexity index is 98.3. The standard InChI is InChI=1S/C3H11F3O2Si3/c4-3(5,6)1-2-10-8-11-7-9/h1-2,10-11H2,9H3. The maximum Gasteiger partial charge on any atom is 0.388 e. The van der Waals surface area contributed by atoms with Crippen molar-refractivity contribution >= 4 is 30.3 Å². The molecule has 0 unspecified atom stereocenters. The third kappa shape index (κ3) is 10.4. The summed E-state index contributed by atoms with van der Waals surface area (Å²) in [5, 5.41) is 0. The SMILES string of the molecule is FC(F)(F)CC[SiH2]O[SiH2]O[SiH3]. The van der Waals surface area contributed by atoms with Gasteiger partial charge in [0.2, 0.25) is 0 Å². The highest BCUT2D eigenvalue weighted by molar-refractivity contribution is 6.41. The maximum atomic E-state index is 11.5. The minimum atomic E-state index is -4.01. The Morgan fingerprint density at radius 3 is 2.45 bits per heavy atom. The van der Waals surface area contributed by atoms with Gasteiger partial charge in [-0.05, 0) is 6.04 Å². The van der Waals surface area contributed by atoms with Gasteiger partial charge in [0, 0.05) is 6.42 Å². The van der Waals surface area contributed by atoms with Gasteiger partial charge in [0.15, 0.2) is 0 Å². The van der Waals surface area contributed by atoms with Crippen molar-refractivity contribution < 1.29 is 21.4 Å². The van der Waals surface area contributed by atoms with Crippen LogP contribution in [0, 0.1) is 0 Å². The van der Waals surface area contributed by atoms with Gasteiger partial charge in [-0.15, -0.1) is 0 Å². The van der Waals surface area contributed by atoms with Gasteiger partial charge in [0.25, 0.3) is 10.0 Å². The summed E-state index contributed by atoms with van der Waals surface area (Å²) < 4.78 is 44.3. The lowest BCUT2D eigenvalue weighted by molar-refractivity contribution is -0.130. The average Bonchev–Trinajstić information content (AvgIpc) is 1.85. The summed E-state index contributed by atoms with van der Waals surface area (Å²) in [5.74, 6) is 0. The highest BCUT2D eigenvalue weighted by Gasteiger charge is 2.25. The van der Waals surface area contributed by atoms with E-state index in [0.717, 1.165) is 0 Å². The number of alkyl halides is 3. The number of rotatable bonds is 5. The van der Waals surface area contributed by atoms with Crippen molar-refractivity contribution in [2.75, 3.05) is 0 Å². The molecule has 0 bridgehead atoms. The van der Waals surface area contributed by atoms with E-state index < -0.39 is 32.4 Å². The van der Waals surface area contributed by atoms with Crippen LogP contribution in [-0.4, -0.2) is 36.4 Å². The molecule has 0 saturated carbocycles. The third-order valence-corrected chi connectivity index (χ3v) is 4.36. The van der Waals surface area contributed by atoms with Crippen molar-refractivity contribution in [1.82, 2.24) is 0 Å². The molecule has 0 spiro atoms. The first-order valence-corrected chi connectivity index (χ1v) is 6.74. The molecule has 0 saturated heterocycles. The molecule has 0 radical (unpaired) electrons. The molecule has 0 rings (SSSR count). The largest absolute Gasteiger partial charge is 0.449 e. The zero-order chi connectivity index (χ0) is 8.74. The van der Waals surface area contributed by atoms with Crippen molar-refractivity contribution in [3.63, 3.8) is 0 Å². The van der Waals surface area contributed by atoms with Crippen molar-refractivity contribution in [3.05, 3.63) is 0 Å². The molecule has 68 valence electrons. The maximum absolute atomic E-state index is 11.5. The fourth-order valence-corrected chi connectivity index (χ4v) is 4.52.